The molecule has 0 saturated carbocycles. The summed E-state index contributed by atoms with van der Waals surface area (Å²) in [5.74, 6) is 1.59. The van der Waals surface area contributed by atoms with Crippen molar-refractivity contribution >= 4 is 17.7 Å². The Balaban J connectivity index is 1.99. The van der Waals surface area contributed by atoms with Crippen LogP contribution in [-0.2, 0) is 11.3 Å². The number of ether oxygens (including phenoxy) is 2. The van der Waals surface area contributed by atoms with Crippen LogP contribution in [0.2, 0.25) is 0 Å². The fraction of sp³-hybridized carbons (Fsp3) is 0.476. The van der Waals surface area contributed by atoms with Crippen LogP contribution in [-0.4, -0.2) is 49.3 Å². The quantitative estimate of drug-likeness (QED) is 0.129. The number of aliphatic hydroxyl groups excluding tert-OH is 1. The van der Waals surface area contributed by atoms with Gasteiger partial charge < -0.3 is 24.4 Å². The Bertz CT molecular complexity index is 1620. The van der Waals surface area contributed by atoms with Gasteiger partial charge in [0.2, 0.25) is 0 Å². The summed E-state index contributed by atoms with van der Waals surface area (Å²) in [6, 6.07) is 19.1. The van der Waals surface area contributed by atoms with Crippen molar-refractivity contribution in [1.29, 1.82) is 15.8 Å². The Morgan fingerprint density at radius 3 is 1.92 bits per heavy atom. The Labute approximate surface area is 304 Å². The van der Waals surface area contributed by atoms with Gasteiger partial charge in [-0.15, -0.1) is 0 Å². The average Bonchev–Trinajstić information content (AvgIpc) is 3.40. The van der Waals surface area contributed by atoms with E-state index >= 15 is 0 Å². The molecule has 1 aliphatic heterocycles. The number of aliphatic hydroxyl groups is 1. The molecule has 1 aliphatic rings. The van der Waals surface area contributed by atoms with Crippen molar-refractivity contribution in [3.8, 4) is 29.7 Å². The number of anilines is 1. The summed E-state index contributed by atoms with van der Waals surface area (Å²) in [6.07, 6.45) is 12.0. The lowest BCUT2D eigenvalue weighted by Gasteiger charge is -2.22. The largest absolute Gasteiger partial charge is 0.493 e. The average molecular weight is 692 g/mol. The van der Waals surface area contributed by atoms with Gasteiger partial charge in [-0.25, -0.2) is 0 Å². The van der Waals surface area contributed by atoms with E-state index in [9.17, 15) is 25.7 Å². The number of nitrogens with zero attached hydrogens (tertiary/aromatic N) is 5. The molecule has 3 rings (SSSR count). The van der Waals surface area contributed by atoms with Crippen LogP contribution in [0.25, 0.3) is 6.08 Å². The highest BCUT2D eigenvalue weighted by Crippen LogP contribution is 2.35. The summed E-state index contributed by atoms with van der Waals surface area (Å²) in [6.45, 7) is 10.4. The fourth-order valence-electron chi connectivity index (χ4n) is 6.02. The van der Waals surface area contributed by atoms with Crippen LogP contribution in [0.1, 0.15) is 90.2 Å². The van der Waals surface area contributed by atoms with E-state index in [0.29, 0.717) is 48.7 Å². The van der Waals surface area contributed by atoms with Crippen LogP contribution < -0.4 is 14.4 Å². The SMILES string of the molecule is CCCCC(CC)COc1cc(CN2C(=O)C(/C=C/c3ccc(N(C)CCO)cc3)=C(C#N)C2=C(C#N)C#N)cc(OCC(CC)CCCC)c1. The summed E-state index contributed by atoms with van der Waals surface area (Å²) >= 11 is 0. The lowest BCUT2D eigenvalue weighted by Crippen LogP contribution is -2.26. The van der Waals surface area contributed by atoms with Gasteiger partial charge in [-0.3, -0.25) is 4.79 Å². The lowest BCUT2D eigenvalue weighted by atomic mass is 10.0. The minimum absolute atomic E-state index is 0.00172. The highest BCUT2D eigenvalue weighted by atomic mass is 16.5. The molecule has 2 aromatic rings. The van der Waals surface area contributed by atoms with Gasteiger partial charge in [0.1, 0.15) is 29.7 Å². The van der Waals surface area contributed by atoms with Crippen LogP contribution in [0.5, 0.6) is 11.5 Å². The molecule has 270 valence electrons. The van der Waals surface area contributed by atoms with Crippen LogP contribution in [0.4, 0.5) is 5.69 Å². The topological polar surface area (TPSA) is 134 Å². The van der Waals surface area contributed by atoms with Gasteiger partial charge in [0.25, 0.3) is 5.91 Å². The Morgan fingerprint density at radius 2 is 1.45 bits per heavy atom. The third-order valence-electron chi connectivity index (χ3n) is 9.37. The first kappa shape index (κ1) is 40.4. The monoisotopic (exact) mass is 691 g/mol. The third-order valence-corrected chi connectivity index (χ3v) is 9.37. The molecule has 2 unspecified atom stereocenters. The third kappa shape index (κ3) is 11.5. The molecule has 1 N–H and O–H groups in total. The molecule has 0 bridgehead atoms. The zero-order valence-corrected chi connectivity index (χ0v) is 31.0. The molecule has 0 aliphatic carbocycles. The van der Waals surface area contributed by atoms with Crippen molar-refractivity contribution in [2.24, 2.45) is 11.8 Å². The van der Waals surface area contributed by atoms with E-state index in [4.69, 9.17) is 9.47 Å². The Kier molecular flexibility index (Phi) is 16.8. The highest BCUT2D eigenvalue weighted by Gasteiger charge is 2.36. The molecule has 9 nitrogen and oxygen atoms in total. The summed E-state index contributed by atoms with van der Waals surface area (Å²) in [5.41, 5.74) is 2.16. The zero-order chi connectivity index (χ0) is 37.2. The minimum Gasteiger partial charge on any atom is -0.493 e. The molecule has 0 radical (unpaired) electrons. The Morgan fingerprint density at radius 1 is 0.882 bits per heavy atom. The van der Waals surface area contributed by atoms with Crippen LogP contribution in [0.15, 0.2) is 71.0 Å². The smallest absolute Gasteiger partial charge is 0.260 e. The van der Waals surface area contributed by atoms with Crippen molar-refractivity contribution in [3.05, 3.63) is 82.1 Å². The summed E-state index contributed by atoms with van der Waals surface area (Å²) in [4.78, 5) is 17.3. The number of hydrogen-bond donors (Lipinski definition) is 1. The number of nitriles is 3. The number of amides is 1. The first-order valence-corrected chi connectivity index (χ1v) is 18.3. The van der Waals surface area contributed by atoms with Crippen molar-refractivity contribution in [3.63, 3.8) is 0 Å². The molecular weight excluding hydrogens is 638 g/mol. The fourth-order valence-corrected chi connectivity index (χ4v) is 6.02. The van der Waals surface area contributed by atoms with Crippen LogP contribution in [0, 0.1) is 45.8 Å². The van der Waals surface area contributed by atoms with E-state index < -0.39 is 5.91 Å². The predicted octanol–water partition coefficient (Wildman–Crippen LogP) is 8.48. The minimum atomic E-state index is -0.481. The summed E-state index contributed by atoms with van der Waals surface area (Å²) in [7, 11) is 1.88. The second kappa shape index (κ2) is 21.2. The molecule has 1 amide bonds. The molecular formula is C42H53N5O4. The lowest BCUT2D eigenvalue weighted by molar-refractivity contribution is -0.124. The van der Waals surface area contributed by atoms with Crippen LogP contribution >= 0.6 is 0 Å². The van der Waals surface area contributed by atoms with Gasteiger partial charge in [0.05, 0.1) is 43.2 Å². The number of carbonyl (C=O) groups is 1. The number of allylic oxidation sites excluding steroid dienone is 2. The van der Waals surface area contributed by atoms with Gasteiger partial charge in [0.15, 0.2) is 5.57 Å². The summed E-state index contributed by atoms with van der Waals surface area (Å²) < 4.78 is 12.7. The van der Waals surface area contributed by atoms with E-state index in [1.54, 1.807) is 12.2 Å². The second-order valence-electron chi connectivity index (χ2n) is 13.1. The second-order valence-corrected chi connectivity index (χ2v) is 13.1. The number of unbranched alkanes of at least 4 members (excludes halogenated alkanes) is 2. The van der Waals surface area contributed by atoms with E-state index in [-0.39, 0.29) is 35.6 Å². The molecule has 0 fully saturated rings. The number of carbonyl (C=O) groups excluding carboxylic acids is 1. The molecule has 0 spiro atoms. The number of likely N-dealkylation sites (N-methyl/N-ethyl adjacent to an activating group) is 1. The molecule has 1 heterocycles. The van der Waals surface area contributed by atoms with E-state index in [0.717, 1.165) is 62.6 Å². The maximum Gasteiger partial charge on any atom is 0.260 e. The number of hydrogen-bond acceptors (Lipinski definition) is 8. The Hall–Kier alpha value is -5.04. The molecule has 0 saturated heterocycles. The molecule has 2 aromatic carbocycles. The van der Waals surface area contributed by atoms with Crippen molar-refractivity contribution in [1.82, 2.24) is 4.90 Å². The van der Waals surface area contributed by atoms with Gasteiger partial charge >= 0.3 is 0 Å². The zero-order valence-electron chi connectivity index (χ0n) is 31.0. The van der Waals surface area contributed by atoms with E-state index in [2.05, 4.69) is 33.8 Å². The van der Waals surface area contributed by atoms with E-state index in [1.807, 2.05) is 66.6 Å². The highest BCUT2D eigenvalue weighted by molar-refractivity contribution is 6.05. The maximum absolute atomic E-state index is 14.1. The molecule has 2 atom stereocenters. The predicted molar refractivity (Wildman–Crippen MR) is 201 cm³/mol. The normalized spacial score (nSPS) is 13.9. The number of rotatable bonds is 21. The molecule has 9 heteroatoms. The van der Waals surface area contributed by atoms with Crippen LogP contribution in [0.3, 0.4) is 0 Å². The summed E-state index contributed by atoms with van der Waals surface area (Å²) in [5, 5.41) is 39.3. The maximum atomic E-state index is 14.1. The molecule has 51 heavy (non-hydrogen) atoms. The standard InChI is InChI=1S/C42H53N5O4/c1-6-10-12-31(8-3)29-50-37-22-34(23-38(24-37)51-30-32(9-4)13-11-7-2)28-47-41(35(25-43)26-44)40(27-45)39(42(47)49)19-16-33-14-17-36(18-15-33)46(5)20-21-48/h14-19,22-24,31-32,48H,6-13,20-21,28-30H2,1-5H3/b19-16+. The van der Waals surface area contributed by atoms with Crippen molar-refractivity contribution in [2.75, 3.05) is 38.3 Å². The van der Waals surface area contributed by atoms with Gasteiger partial charge in [-0.05, 0) is 66.1 Å². The van der Waals surface area contributed by atoms with Gasteiger partial charge in [0, 0.05) is 25.3 Å². The van der Waals surface area contributed by atoms with Crippen molar-refractivity contribution < 1.29 is 19.4 Å². The number of benzene rings is 2. The van der Waals surface area contributed by atoms with E-state index in [1.165, 1.54) is 4.90 Å². The van der Waals surface area contributed by atoms with Gasteiger partial charge in [-0.1, -0.05) is 84.4 Å². The van der Waals surface area contributed by atoms with Crippen molar-refractivity contribution in [2.45, 2.75) is 85.6 Å². The first-order chi connectivity index (χ1) is 24.8. The van der Waals surface area contributed by atoms with Gasteiger partial charge in [-0.2, -0.15) is 15.8 Å². The molecule has 0 aromatic heterocycles. The first-order valence-electron chi connectivity index (χ1n) is 18.3.